The molecule has 1 aromatic heterocycles. The van der Waals surface area contributed by atoms with Crippen molar-refractivity contribution in [2.24, 2.45) is 0 Å². The predicted molar refractivity (Wildman–Crippen MR) is 94.6 cm³/mol. The van der Waals surface area contributed by atoms with E-state index in [-0.39, 0.29) is 5.82 Å². The normalized spacial score (nSPS) is 16.5. The molecule has 1 aliphatic heterocycles. The first kappa shape index (κ1) is 16.2. The Kier molecular flexibility index (Phi) is 4.81. The van der Waals surface area contributed by atoms with Crippen LogP contribution in [0.25, 0.3) is 10.9 Å². The molecule has 1 aromatic carbocycles. The molecule has 0 bridgehead atoms. The molecule has 3 rings (SSSR count). The van der Waals surface area contributed by atoms with Gasteiger partial charge < -0.3 is 4.90 Å². The number of hydrogen-bond acceptors (Lipinski definition) is 3. The summed E-state index contributed by atoms with van der Waals surface area (Å²) >= 11 is 0. The second-order valence-electron chi connectivity index (χ2n) is 6.45. The lowest BCUT2D eigenvalue weighted by atomic mass is 10.1. The number of aryl methyl sites for hydroxylation is 1. The fourth-order valence-corrected chi connectivity index (χ4v) is 3.63. The van der Waals surface area contributed by atoms with Gasteiger partial charge in [-0.05, 0) is 49.6 Å². The lowest BCUT2D eigenvalue weighted by molar-refractivity contribution is 0.175. The molecule has 1 aliphatic rings. The van der Waals surface area contributed by atoms with Crippen LogP contribution in [-0.2, 0) is 0 Å². The predicted octanol–water partition coefficient (Wildman–Crippen LogP) is 3.99. The second kappa shape index (κ2) is 6.83. The summed E-state index contributed by atoms with van der Waals surface area (Å²) in [6.45, 7) is 10.8. The number of benzene rings is 1. The maximum Gasteiger partial charge on any atom is 0.129 e. The zero-order valence-electron chi connectivity index (χ0n) is 14.3. The van der Waals surface area contributed by atoms with Crippen molar-refractivity contribution in [3.05, 3.63) is 35.6 Å². The minimum absolute atomic E-state index is 0.200. The average Bonchev–Trinajstić information content (AvgIpc) is 2.57. The van der Waals surface area contributed by atoms with Crippen molar-refractivity contribution in [3.63, 3.8) is 0 Å². The van der Waals surface area contributed by atoms with Crippen molar-refractivity contribution in [2.45, 2.75) is 39.7 Å². The topological polar surface area (TPSA) is 19.4 Å². The Labute approximate surface area is 138 Å². The number of anilines is 1. The number of rotatable bonds is 4. The third kappa shape index (κ3) is 3.32. The molecule has 0 saturated carbocycles. The summed E-state index contributed by atoms with van der Waals surface area (Å²) in [5.74, 6) is 0.819. The van der Waals surface area contributed by atoms with Gasteiger partial charge in [-0.2, -0.15) is 0 Å². The highest BCUT2D eigenvalue weighted by atomic mass is 19.1. The van der Waals surface area contributed by atoms with Gasteiger partial charge in [0.05, 0.1) is 5.52 Å². The van der Waals surface area contributed by atoms with Crippen LogP contribution >= 0.6 is 0 Å². The van der Waals surface area contributed by atoms with Crippen molar-refractivity contribution >= 4 is 16.7 Å². The highest BCUT2D eigenvalue weighted by molar-refractivity contribution is 5.84. The Morgan fingerprint density at radius 3 is 2.43 bits per heavy atom. The molecule has 2 aromatic rings. The molecule has 2 heterocycles. The maximum atomic E-state index is 13.4. The summed E-state index contributed by atoms with van der Waals surface area (Å²) in [7, 11) is 0. The van der Waals surface area contributed by atoms with Crippen molar-refractivity contribution < 1.29 is 4.39 Å². The van der Waals surface area contributed by atoms with Gasteiger partial charge >= 0.3 is 0 Å². The molecule has 1 saturated heterocycles. The number of fused-ring (bicyclic) bond motifs is 1. The van der Waals surface area contributed by atoms with Gasteiger partial charge in [-0.25, -0.2) is 9.37 Å². The van der Waals surface area contributed by atoms with E-state index in [1.54, 1.807) is 12.1 Å². The van der Waals surface area contributed by atoms with Crippen molar-refractivity contribution in [1.29, 1.82) is 0 Å². The van der Waals surface area contributed by atoms with Crippen LogP contribution < -0.4 is 4.90 Å². The Balaban J connectivity index is 1.78. The smallest absolute Gasteiger partial charge is 0.129 e. The Bertz CT molecular complexity index is 674. The number of nitrogens with zero attached hydrogens (tertiary/aromatic N) is 3. The van der Waals surface area contributed by atoms with E-state index in [1.807, 2.05) is 6.92 Å². The van der Waals surface area contributed by atoms with Gasteiger partial charge in [0.25, 0.3) is 0 Å². The van der Waals surface area contributed by atoms with Crippen molar-refractivity contribution in [2.75, 3.05) is 31.1 Å². The molecule has 1 fully saturated rings. The molecule has 4 heteroatoms. The van der Waals surface area contributed by atoms with Gasteiger partial charge in [0.15, 0.2) is 0 Å². The SMILES string of the molecule is CCC(CC)N1CCN(c2cc(C)c3cc(F)ccc3n2)CC1. The number of halogens is 1. The fourth-order valence-electron chi connectivity index (χ4n) is 3.63. The van der Waals surface area contributed by atoms with E-state index in [0.29, 0.717) is 6.04 Å². The highest BCUT2D eigenvalue weighted by Crippen LogP contribution is 2.24. The Hall–Kier alpha value is -1.68. The van der Waals surface area contributed by atoms with Gasteiger partial charge in [0.1, 0.15) is 11.6 Å². The fraction of sp³-hybridized carbons (Fsp3) is 0.526. The molecule has 0 amide bonds. The van der Waals surface area contributed by atoms with E-state index in [4.69, 9.17) is 4.98 Å². The minimum Gasteiger partial charge on any atom is -0.354 e. The van der Waals surface area contributed by atoms with E-state index in [2.05, 4.69) is 29.7 Å². The minimum atomic E-state index is -0.200. The zero-order valence-corrected chi connectivity index (χ0v) is 14.3. The van der Waals surface area contributed by atoms with Crippen LogP contribution in [0.3, 0.4) is 0 Å². The van der Waals surface area contributed by atoms with Crippen LogP contribution in [0.2, 0.25) is 0 Å². The van der Waals surface area contributed by atoms with E-state index < -0.39 is 0 Å². The van der Waals surface area contributed by atoms with Crippen molar-refractivity contribution in [1.82, 2.24) is 9.88 Å². The first-order valence-electron chi connectivity index (χ1n) is 8.68. The Morgan fingerprint density at radius 1 is 1.09 bits per heavy atom. The summed E-state index contributed by atoms with van der Waals surface area (Å²) < 4.78 is 13.4. The van der Waals surface area contributed by atoms with E-state index in [0.717, 1.165) is 48.5 Å². The number of aromatic nitrogens is 1. The summed E-state index contributed by atoms with van der Waals surface area (Å²) in [4.78, 5) is 9.70. The molecule has 0 unspecified atom stereocenters. The third-order valence-corrected chi connectivity index (χ3v) is 5.06. The third-order valence-electron chi connectivity index (χ3n) is 5.06. The molecule has 0 spiro atoms. The van der Waals surface area contributed by atoms with Gasteiger partial charge in [-0.15, -0.1) is 0 Å². The Morgan fingerprint density at radius 2 is 1.78 bits per heavy atom. The molecular formula is C19H26FN3. The molecule has 0 aliphatic carbocycles. The summed E-state index contributed by atoms with van der Waals surface area (Å²) in [6, 6.07) is 7.64. The lowest BCUT2D eigenvalue weighted by Crippen LogP contribution is -2.50. The summed E-state index contributed by atoms with van der Waals surface area (Å²) in [6.07, 6.45) is 2.44. The van der Waals surface area contributed by atoms with Crippen LogP contribution in [0.1, 0.15) is 32.3 Å². The average molecular weight is 315 g/mol. The molecular weight excluding hydrogens is 289 g/mol. The first-order valence-corrected chi connectivity index (χ1v) is 8.68. The maximum absolute atomic E-state index is 13.4. The van der Waals surface area contributed by atoms with Crippen LogP contribution in [0.15, 0.2) is 24.3 Å². The highest BCUT2D eigenvalue weighted by Gasteiger charge is 2.22. The summed E-state index contributed by atoms with van der Waals surface area (Å²) in [5.41, 5.74) is 1.97. The molecule has 23 heavy (non-hydrogen) atoms. The monoisotopic (exact) mass is 315 g/mol. The van der Waals surface area contributed by atoms with Gasteiger partial charge in [-0.1, -0.05) is 13.8 Å². The quantitative estimate of drug-likeness (QED) is 0.850. The van der Waals surface area contributed by atoms with Crippen LogP contribution in [0.5, 0.6) is 0 Å². The molecule has 124 valence electrons. The molecule has 0 radical (unpaired) electrons. The molecule has 3 nitrogen and oxygen atoms in total. The number of hydrogen-bond donors (Lipinski definition) is 0. The van der Waals surface area contributed by atoms with E-state index in [9.17, 15) is 4.39 Å². The van der Waals surface area contributed by atoms with Crippen molar-refractivity contribution in [3.8, 4) is 0 Å². The largest absolute Gasteiger partial charge is 0.354 e. The van der Waals surface area contributed by atoms with E-state index >= 15 is 0 Å². The lowest BCUT2D eigenvalue weighted by Gasteiger charge is -2.39. The van der Waals surface area contributed by atoms with Crippen LogP contribution in [0, 0.1) is 12.7 Å². The van der Waals surface area contributed by atoms with Gasteiger partial charge in [0.2, 0.25) is 0 Å². The van der Waals surface area contributed by atoms with E-state index in [1.165, 1.54) is 18.9 Å². The second-order valence-corrected chi connectivity index (χ2v) is 6.45. The number of piperazine rings is 1. The standard InChI is InChI=1S/C19H26FN3/c1-4-16(5-2)22-8-10-23(11-9-22)19-12-14(3)17-13-15(20)6-7-18(17)21-19/h6-7,12-13,16H,4-5,8-11H2,1-3H3. The van der Waals surface area contributed by atoms with Gasteiger partial charge in [-0.3, -0.25) is 4.90 Å². The van der Waals surface area contributed by atoms with Crippen LogP contribution in [0.4, 0.5) is 10.2 Å². The molecule has 0 atom stereocenters. The van der Waals surface area contributed by atoms with Gasteiger partial charge in [0, 0.05) is 37.6 Å². The zero-order chi connectivity index (χ0) is 16.4. The summed E-state index contributed by atoms with van der Waals surface area (Å²) in [5, 5.41) is 0.907. The van der Waals surface area contributed by atoms with Crippen LogP contribution in [-0.4, -0.2) is 42.1 Å². The number of pyridine rings is 1. The first-order chi connectivity index (χ1) is 11.1. The molecule has 0 N–H and O–H groups in total.